The highest BCUT2D eigenvalue weighted by Crippen LogP contribution is 2.19. The summed E-state index contributed by atoms with van der Waals surface area (Å²) in [7, 11) is 0. The molecule has 7 heteroatoms. The van der Waals surface area contributed by atoms with Crippen LogP contribution in [0.15, 0.2) is 29.4 Å². The summed E-state index contributed by atoms with van der Waals surface area (Å²) < 4.78 is 18.4. The predicted octanol–water partition coefficient (Wildman–Crippen LogP) is 3.70. The van der Waals surface area contributed by atoms with E-state index in [9.17, 15) is 9.18 Å². The second-order valence-corrected chi connectivity index (χ2v) is 5.24. The lowest BCUT2D eigenvalue weighted by molar-refractivity contribution is 0.0948. The minimum atomic E-state index is -0.830. The molecule has 1 atom stereocenters. The molecule has 108 valence electrons. The van der Waals surface area contributed by atoms with Crippen LogP contribution >= 0.6 is 0 Å². The van der Waals surface area contributed by atoms with Gasteiger partial charge in [0.2, 0.25) is 0 Å². The zero-order valence-electron chi connectivity index (χ0n) is 11.6. The maximum atomic E-state index is 13.2. The van der Waals surface area contributed by atoms with Crippen LogP contribution in [-0.4, -0.2) is 18.2 Å². The summed E-state index contributed by atoms with van der Waals surface area (Å²) >= 11 is 0. The lowest BCUT2D eigenvalue weighted by atomic mass is 10.1. The predicted molar refractivity (Wildman–Crippen MR) is 72.5 cm³/mol. The van der Waals surface area contributed by atoms with E-state index in [2.05, 4.69) is 15.3 Å². The highest BCUT2D eigenvalue weighted by Gasteiger charge is 2.20. The molecule has 6 nitrogen and oxygen atoms in total. The monoisotopic (exact) mass is 280 g/mol. The van der Waals surface area contributed by atoms with Crippen LogP contribution in [0.25, 0.3) is 10.4 Å². The number of amides is 1. The van der Waals surface area contributed by atoms with Gasteiger partial charge in [-0.25, -0.2) is 9.18 Å². The largest absolute Gasteiger partial charge is 0.441 e. The molecule has 0 aliphatic heterocycles. The van der Waals surface area contributed by atoms with Gasteiger partial charge in [-0.05, 0) is 44.0 Å². The van der Waals surface area contributed by atoms with Crippen LogP contribution < -0.4 is 5.32 Å². The third-order valence-electron chi connectivity index (χ3n) is 2.26. The first-order chi connectivity index (χ1) is 9.31. The fraction of sp³-hybridized carbons (Fsp3) is 0.462. The molecular weight excluding hydrogens is 263 g/mol. The van der Waals surface area contributed by atoms with Crippen molar-refractivity contribution < 1.29 is 13.9 Å². The number of carbonyl (C=O) groups excluding carboxylic acids is 1. The Balaban J connectivity index is 2.85. The number of hydrogen-bond acceptors (Lipinski definition) is 3. The van der Waals surface area contributed by atoms with Crippen LogP contribution in [0, 0.1) is 5.82 Å². The van der Waals surface area contributed by atoms with Crippen LogP contribution in [0.1, 0.15) is 32.4 Å². The Bertz CT molecular complexity index is 521. The first-order valence-corrected chi connectivity index (χ1v) is 6.07. The van der Waals surface area contributed by atoms with Crippen molar-refractivity contribution in [1.29, 1.82) is 0 Å². The number of rotatable bonds is 4. The molecule has 1 rings (SSSR count). The smallest absolute Gasteiger partial charge is 0.408 e. The van der Waals surface area contributed by atoms with Crippen molar-refractivity contribution in [2.45, 2.75) is 32.4 Å². The lowest BCUT2D eigenvalue weighted by Gasteiger charge is -2.23. The van der Waals surface area contributed by atoms with E-state index in [1.807, 2.05) is 0 Å². The van der Waals surface area contributed by atoms with E-state index in [1.165, 1.54) is 18.2 Å². The molecule has 1 N–H and O–H groups in total. The molecule has 0 saturated carbocycles. The van der Waals surface area contributed by atoms with Gasteiger partial charge in [0, 0.05) is 10.5 Å². The number of carbonyl (C=O) groups is 1. The van der Waals surface area contributed by atoms with E-state index in [-0.39, 0.29) is 6.54 Å². The summed E-state index contributed by atoms with van der Waals surface area (Å²) in [6, 6.07) is 5.62. The van der Waals surface area contributed by atoms with Gasteiger partial charge < -0.3 is 10.1 Å². The molecule has 1 amide bonds. The maximum Gasteiger partial charge on any atom is 0.408 e. The molecule has 1 aromatic rings. The molecular formula is C13H17FN4O2. The van der Waals surface area contributed by atoms with Gasteiger partial charge in [-0.2, -0.15) is 0 Å². The van der Waals surface area contributed by atoms with Gasteiger partial charge in [-0.15, -0.1) is 0 Å². The molecule has 0 heterocycles. The SMILES string of the molecule is CC(C)(C)NC(=O)O[C@H](CN=[N+]=[N-])c1cccc(F)c1. The third kappa shape index (κ3) is 5.58. The molecule has 0 bridgehead atoms. The van der Waals surface area contributed by atoms with E-state index in [4.69, 9.17) is 10.3 Å². The first-order valence-electron chi connectivity index (χ1n) is 6.07. The Kier molecular flexibility index (Phi) is 5.34. The van der Waals surface area contributed by atoms with Crippen molar-refractivity contribution >= 4 is 6.09 Å². The minimum Gasteiger partial charge on any atom is -0.441 e. The quantitative estimate of drug-likeness (QED) is 0.517. The number of alkyl carbamates (subject to hydrolysis) is 1. The summed E-state index contributed by atoms with van der Waals surface area (Å²) in [6.07, 6.45) is -1.48. The first kappa shape index (κ1) is 15.8. The van der Waals surface area contributed by atoms with Gasteiger partial charge in [-0.3, -0.25) is 0 Å². The molecule has 0 aromatic heterocycles. The Labute approximate surface area is 116 Å². The van der Waals surface area contributed by atoms with E-state index in [0.29, 0.717) is 5.56 Å². The normalized spacial score (nSPS) is 12.2. The van der Waals surface area contributed by atoms with Gasteiger partial charge in [0.15, 0.2) is 0 Å². The molecule has 1 aromatic carbocycles. The number of azide groups is 1. The second kappa shape index (κ2) is 6.77. The number of hydrogen-bond donors (Lipinski definition) is 1. The molecule has 0 aliphatic rings. The molecule has 0 saturated heterocycles. The van der Waals surface area contributed by atoms with Gasteiger partial charge in [-0.1, -0.05) is 17.2 Å². The fourth-order valence-corrected chi connectivity index (χ4v) is 1.49. The van der Waals surface area contributed by atoms with Crippen LogP contribution in [-0.2, 0) is 4.74 Å². The average molecular weight is 280 g/mol. The number of nitrogens with one attached hydrogen (secondary N) is 1. The zero-order chi connectivity index (χ0) is 15.2. The Morgan fingerprint density at radius 2 is 2.25 bits per heavy atom. The minimum absolute atomic E-state index is 0.0997. The molecule has 20 heavy (non-hydrogen) atoms. The van der Waals surface area contributed by atoms with Crippen molar-refractivity contribution in [3.63, 3.8) is 0 Å². The van der Waals surface area contributed by atoms with E-state index in [1.54, 1.807) is 26.8 Å². The van der Waals surface area contributed by atoms with Crippen LogP contribution in [0.2, 0.25) is 0 Å². The van der Waals surface area contributed by atoms with E-state index in [0.717, 1.165) is 0 Å². The van der Waals surface area contributed by atoms with Gasteiger partial charge in [0.25, 0.3) is 0 Å². The van der Waals surface area contributed by atoms with Crippen LogP contribution in [0.4, 0.5) is 9.18 Å². The Morgan fingerprint density at radius 3 is 2.80 bits per heavy atom. The lowest BCUT2D eigenvalue weighted by Crippen LogP contribution is -2.41. The number of halogens is 1. The highest BCUT2D eigenvalue weighted by atomic mass is 19.1. The van der Waals surface area contributed by atoms with E-state index >= 15 is 0 Å². The summed E-state index contributed by atoms with van der Waals surface area (Å²) in [5.41, 5.74) is 8.34. The number of benzene rings is 1. The van der Waals surface area contributed by atoms with Crippen LogP contribution in [0.5, 0.6) is 0 Å². The topological polar surface area (TPSA) is 87.1 Å². The molecule has 0 aliphatic carbocycles. The van der Waals surface area contributed by atoms with Crippen molar-refractivity contribution in [2.75, 3.05) is 6.54 Å². The number of nitrogens with zero attached hydrogens (tertiary/aromatic N) is 3. The molecule has 0 unspecified atom stereocenters. The van der Waals surface area contributed by atoms with E-state index < -0.39 is 23.6 Å². The van der Waals surface area contributed by atoms with Gasteiger partial charge in [0.05, 0.1) is 6.54 Å². The van der Waals surface area contributed by atoms with Crippen molar-refractivity contribution in [3.8, 4) is 0 Å². The van der Waals surface area contributed by atoms with Crippen molar-refractivity contribution in [2.24, 2.45) is 5.11 Å². The summed E-state index contributed by atoms with van der Waals surface area (Å²) in [6.45, 7) is 5.31. The summed E-state index contributed by atoms with van der Waals surface area (Å²) in [5, 5.41) is 6.00. The van der Waals surface area contributed by atoms with Crippen molar-refractivity contribution in [1.82, 2.24) is 5.32 Å². The highest BCUT2D eigenvalue weighted by molar-refractivity contribution is 5.68. The zero-order valence-corrected chi connectivity index (χ0v) is 11.6. The fourth-order valence-electron chi connectivity index (χ4n) is 1.49. The summed E-state index contributed by atoms with van der Waals surface area (Å²) in [5.74, 6) is -0.451. The van der Waals surface area contributed by atoms with Crippen molar-refractivity contribution in [3.05, 3.63) is 46.1 Å². The molecule has 0 fully saturated rings. The molecule has 0 spiro atoms. The van der Waals surface area contributed by atoms with Gasteiger partial charge >= 0.3 is 6.09 Å². The average Bonchev–Trinajstić information content (AvgIpc) is 2.32. The molecule has 0 radical (unpaired) electrons. The summed E-state index contributed by atoms with van der Waals surface area (Å²) in [4.78, 5) is 14.4. The Morgan fingerprint density at radius 1 is 1.55 bits per heavy atom. The standard InChI is InChI=1S/C13H17FN4O2/c1-13(2,3)17-12(19)20-11(8-16-18-15)9-5-4-6-10(14)7-9/h4-7,11H,8H2,1-3H3,(H,17,19)/t11-/m1/s1. The van der Waals surface area contributed by atoms with Crippen LogP contribution in [0.3, 0.4) is 0 Å². The van der Waals surface area contributed by atoms with Gasteiger partial charge in [0.1, 0.15) is 11.9 Å². The Hall–Kier alpha value is -2.27. The maximum absolute atomic E-state index is 13.2. The third-order valence-corrected chi connectivity index (χ3v) is 2.26. The second-order valence-electron chi connectivity index (χ2n) is 5.24. The number of ether oxygens (including phenoxy) is 1.